The van der Waals surface area contributed by atoms with Crippen LogP contribution in [-0.4, -0.2) is 32.8 Å². The Bertz CT molecular complexity index is 1220. The number of carbonyl (C=O) groups is 2. The quantitative estimate of drug-likeness (QED) is 0.722. The third-order valence-electron chi connectivity index (χ3n) is 6.80. The van der Waals surface area contributed by atoms with Gasteiger partial charge in [0.05, 0.1) is 23.9 Å². The topological polar surface area (TPSA) is 93.4 Å². The molecule has 3 heterocycles. The minimum atomic E-state index is -0.260. The van der Waals surface area contributed by atoms with Crippen molar-refractivity contribution in [1.82, 2.24) is 14.9 Å². The standard InChI is InChI=1S/C23H22N4O3S/c28-20(10-13-11-31-23-26-18-6-2-5-17(18)22(30)27(13)23)24-12-7-8-15-14-3-1-4-16(14)21(29)25-19(15)9-12/h7-9,13,15H,1-6,10-11H2,(H,25,29). The maximum atomic E-state index is 12.9. The minimum Gasteiger partial charge on any atom is -0.325 e. The predicted molar refractivity (Wildman–Crippen MR) is 117 cm³/mol. The predicted octanol–water partition coefficient (Wildman–Crippen LogP) is 2.42. The van der Waals surface area contributed by atoms with Crippen LogP contribution in [0.2, 0.25) is 0 Å². The van der Waals surface area contributed by atoms with Crippen molar-refractivity contribution in [2.75, 3.05) is 5.75 Å². The van der Waals surface area contributed by atoms with E-state index in [1.165, 1.54) is 5.57 Å². The number of carbonyl (C=O) groups excluding carboxylic acids is 2. The third kappa shape index (κ3) is 3.07. The Morgan fingerprint density at radius 1 is 1.23 bits per heavy atom. The molecular formula is C23H22N4O3S. The number of hydrogen-bond donors (Lipinski definition) is 1. The third-order valence-corrected chi connectivity index (χ3v) is 7.90. The molecule has 0 saturated carbocycles. The van der Waals surface area contributed by atoms with Crippen molar-refractivity contribution in [1.29, 1.82) is 0 Å². The van der Waals surface area contributed by atoms with Crippen LogP contribution in [0.1, 0.15) is 49.4 Å². The molecular weight excluding hydrogens is 412 g/mol. The maximum absolute atomic E-state index is 12.9. The van der Waals surface area contributed by atoms with Gasteiger partial charge in [0, 0.05) is 28.5 Å². The SMILES string of the molecule is O=C(CC1CSc2nc3c(c(=O)n21)CCC3)N=C1C=CC2C(=C1)NC(=O)C1=C2CCC1. The van der Waals surface area contributed by atoms with Crippen molar-refractivity contribution in [3.8, 4) is 0 Å². The summed E-state index contributed by atoms with van der Waals surface area (Å²) in [5.41, 5.74) is 5.23. The number of aryl methyl sites for hydroxylation is 1. The minimum absolute atomic E-state index is 0.0148. The maximum Gasteiger partial charge on any atom is 0.257 e. The van der Waals surface area contributed by atoms with Crippen LogP contribution in [0.5, 0.6) is 0 Å². The molecule has 0 radical (unpaired) electrons. The van der Waals surface area contributed by atoms with Gasteiger partial charge in [0.2, 0.25) is 5.91 Å². The van der Waals surface area contributed by atoms with E-state index >= 15 is 0 Å². The van der Waals surface area contributed by atoms with E-state index in [9.17, 15) is 14.4 Å². The van der Waals surface area contributed by atoms with Gasteiger partial charge in [0.1, 0.15) is 0 Å². The fourth-order valence-corrected chi connectivity index (χ4v) is 6.51. The molecule has 5 aliphatic rings. The van der Waals surface area contributed by atoms with Gasteiger partial charge in [-0.15, -0.1) is 0 Å². The lowest BCUT2D eigenvalue weighted by atomic mass is 9.85. The Kier molecular flexibility index (Phi) is 4.38. The summed E-state index contributed by atoms with van der Waals surface area (Å²) in [6.45, 7) is 0. The van der Waals surface area contributed by atoms with Gasteiger partial charge in [-0.1, -0.05) is 17.8 Å². The van der Waals surface area contributed by atoms with Gasteiger partial charge in [-0.05, 0) is 56.3 Å². The zero-order chi connectivity index (χ0) is 21.1. The average Bonchev–Trinajstić information content (AvgIpc) is 3.48. The summed E-state index contributed by atoms with van der Waals surface area (Å²) in [7, 11) is 0. The normalized spacial score (nSPS) is 27.0. The van der Waals surface area contributed by atoms with Crippen LogP contribution < -0.4 is 10.9 Å². The first kappa shape index (κ1) is 19.0. The largest absolute Gasteiger partial charge is 0.325 e. The number of thioether (sulfide) groups is 1. The second-order valence-electron chi connectivity index (χ2n) is 8.70. The van der Waals surface area contributed by atoms with Crippen molar-refractivity contribution in [3.63, 3.8) is 0 Å². The summed E-state index contributed by atoms with van der Waals surface area (Å²) in [6, 6.07) is -0.212. The lowest BCUT2D eigenvalue weighted by Gasteiger charge is -2.28. The monoisotopic (exact) mass is 434 g/mol. The van der Waals surface area contributed by atoms with Crippen LogP contribution in [0.3, 0.4) is 0 Å². The Balaban J connectivity index is 1.22. The van der Waals surface area contributed by atoms with Crippen molar-refractivity contribution >= 4 is 29.3 Å². The highest BCUT2D eigenvalue weighted by atomic mass is 32.2. The van der Waals surface area contributed by atoms with Crippen molar-refractivity contribution in [3.05, 3.63) is 56.7 Å². The molecule has 1 aromatic rings. The molecule has 6 rings (SSSR count). The second-order valence-corrected chi connectivity index (χ2v) is 9.68. The smallest absolute Gasteiger partial charge is 0.257 e. The highest BCUT2D eigenvalue weighted by Crippen LogP contribution is 2.39. The van der Waals surface area contributed by atoms with E-state index in [2.05, 4.69) is 15.3 Å². The summed E-state index contributed by atoms with van der Waals surface area (Å²) in [5, 5.41) is 3.70. The highest BCUT2D eigenvalue weighted by Gasteiger charge is 2.35. The van der Waals surface area contributed by atoms with Crippen LogP contribution in [0, 0.1) is 5.92 Å². The molecule has 0 saturated heterocycles. The van der Waals surface area contributed by atoms with Crippen LogP contribution in [0.15, 0.2) is 50.0 Å². The molecule has 2 unspecified atom stereocenters. The molecule has 0 bridgehead atoms. The highest BCUT2D eigenvalue weighted by molar-refractivity contribution is 7.99. The van der Waals surface area contributed by atoms with Gasteiger partial charge in [-0.3, -0.25) is 19.0 Å². The Morgan fingerprint density at radius 2 is 2.10 bits per heavy atom. The lowest BCUT2D eigenvalue weighted by Crippen LogP contribution is -2.35. The van der Waals surface area contributed by atoms with Gasteiger partial charge in [-0.2, -0.15) is 0 Å². The van der Waals surface area contributed by atoms with Gasteiger partial charge in [0.15, 0.2) is 5.16 Å². The number of aromatic nitrogens is 2. The molecule has 1 N–H and O–H groups in total. The number of nitrogens with one attached hydrogen (secondary N) is 1. The first-order valence-corrected chi connectivity index (χ1v) is 11.9. The van der Waals surface area contributed by atoms with E-state index < -0.39 is 0 Å². The van der Waals surface area contributed by atoms with E-state index in [-0.39, 0.29) is 35.8 Å². The molecule has 158 valence electrons. The molecule has 0 fully saturated rings. The molecule has 7 nitrogen and oxygen atoms in total. The number of fused-ring (bicyclic) bond motifs is 4. The second kappa shape index (κ2) is 7.15. The average molecular weight is 435 g/mol. The van der Waals surface area contributed by atoms with Crippen LogP contribution in [-0.2, 0) is 22.4 Å². The Morgan fingerprint density at radius 3 is 3.00 bits per heavy atom. The van der Waals surface area contributed by atoms with Crippen molar-refractivity contribution in [2.24, 2.45) is 10.9 Å². The van der Waals surface area contributed by atoms with E-state index in [4.69, 9.17) is 0 Å². The number of nitrogens with zero attached hydrogens (tertiary/aromatic N) is 3. The van der Waals surface area contributed by atoms with E-state index in [0.29, 0.717) is 11.5 Å². The van der Waals surface area contributed by atoms with E-state index in [1.54, 1.807) is 22.4 Å². The number of hydrogen-bond acceptors (Lipinski definition) is 5. The van der Waals surface area contributed by atoms with Gasteiger partial charge in [0.25, 0.3) is 11.5 Å². The zero-order valence-electron chi connectivity index (χ0n) is 17.0. The summed E-state index contributed by atoms with van der Waals surface area (Å²) in [4.78, 5) is 46.9. The molecule has 1 aromatic heterocycles. The molecule has 0 aromatic carbocycles. The lowest BCUT2D eigenvalue weighted by molar-refractivity contribution is -0.118. The molecule has 2 atom stereocenters. The van der Waals surface area contributed by atoms with Crippen LogP contribution in [0.25, 0.3) is 0 Å². The summed E-state index contributed by atoms with van der Waals surface area (Å²) < 4.78 is 1.70. The summed E-state index contributed by atoms with van der Waals surface area (Å²) in [6.07, 6.45) is 11.3. The molecule has 8 heteroatoms. The number of allylic oxidation sites excluding steroid dienone is 3. The van der Waals surface area contributed by atoms with E-state index in [0.717, 1.165) is 66.2 Å². The van der Waals surface area contributed by atoms with Crippen molar-refractivity contribution < 1.29 is 9.59 Å². The van der Waals surface area contributed by atoms with Crippen LogP contribution >= 0.6 is 11.8 Å². The number of rotatable bonds is 2. The summed E-state index contributed by atoms with van der Waals surface area (Å²) >= 11 is 1.54. The van der Waals surface area contributed by atoms with Crippen LogP contribution in [0.4, 0.5) is 0 Å². The zero-order valence-corrected chi connectivity index (χ0v) is 17.8. The number of aliphatic imine (C=N–C) groups is 1. The Labute approximate surface area is 183 Å². The summed E-state index contributed by atoms with van der Waals surface area (Å²) in [5.74, 6) is 0.473. The van der Waals surface area contributed by atoms with Gasteiger partial charge >= 0.3 is 0 Å². The van der Waals surface area contributed by atoms with Gasteiger partial charge in [-0.25, -0.2) is 9.98 Å². The fraction of sp³-hybridized carbons (Fsp3) is 0.435. The first-order chi connectivity index (χ1) is 15.1. The molecule has 0 spiro atoms. The molecule has 2 amide bonds. The molecule has 31 heavy (non-hydrogen) atoms. The molecule has 2 aliphatic heterocycles. The fourth-order valence-electron chi connectivity index (χ4n) is 5.35. The first-order valence-electron chi connectivity index (χ1n) is 10.9. The molecule has 3 aliphatic carbocycles. The van der Waals surface area contributed by atoms with Gasteiger partial charge < -0.3 is 5.32 Å². The van der Waals surface area contributed by atoms with E-state index in [1.807, 2.05) is 12.2 Å². The number of amides is 2. The Hall–Kier alpha value is -2.74. The van der Waals surface area contributed by atoms with Crippen molar-refractivity contribution in [2.45, 2.75) is 56.1 Å².